The van der Waals surface area contributed by atoms with E-state index in [1.165, 1.54) is 4.68 Å². The van der Waals surface area contributed by atoms with E-state index in [0.29, 0.717) is 11.1 Å². The molecule has 2 heterocycles. The molecule has 1 aliphatic rings. The number of nitrogens with zero attached hydrogens (tertiary/aromatic N) is 2. The van der Waals surface area contributed by atoms with Gasteiger partial charge in [0.25, 0.3) is 5.56 Å². The molecule has 1 unspecified atom stereocenters. The maximum Gasteiger partial charge on any atom is 0.283 e. The van der Waals surface area contributed by atoms with E-state index in [-0.39, 0.29) is 17.6 Å². The predicted molar refractivity (Wildman–Crippen MR) is 69.4 cm³/mol. The quantitative estimate of drug-likeness (QED) is 0.925. The molecule has 1 saturated heterocycles. The number of anilines is 1. The minimum absolute atomic E-state index is 0.0580. The van der Waals surface area contributed by atoms with Gasteiger partial charge in [-0.2, -0.15) is 5.10 Å². The molecule has 0 aromatic carbocycles. The van der Waals surface area contributed by atoms with Gasteiger partial charge in [0.2, 0.25) is 0 Å². The summed E-state index contributed by atoms with van der Waals surface area (Å²) in [4.78, 5) is 12.0. The Morgan fingerprint density at radius 2 is 2.41 bits per heavy atom. The number of hydrogen-bond acceptors (Lipinski definition) is 4. The molecule has 2 rings (SSSR count). The van der Waals surface area contributed by atoms with Crippen molar-refractivity contribution >= 4 is 21.6 Å². The normalized spacial score (nSPS) is 19.9. The molecule has 0 radical (unpaired) electrons. The molecule has 1 N–H and O–H groups in total. The zero-order valence-electron chi connectivity index (χ0n) is 9.94. The molecule has 1 aliphatic heterocycles. The molecular formula is C11H16BrN3O2. The van der Waals surface area contributed by atoms with Crippen molar-refractivity contribution in [2.45, 2.75) is 32.4 Å². The Morgan fingerprint density at radius 1 is 1.65 bits per heavy atom. The zero-order chi connectivity index (χ0) is 12.4. The van der Waals surface area contributed by atoms with Crippen LogP contribution in [-0.4, -0.2) is 29.0 Å². The summed E-state index contributed by atoms with van der Waals surface area (Å²) in [5, 5.41) is 7.42. The number of aromatic nitrogens is 2. The minimum atomic E-state index is -0.107. The Bertz CT molecular complexity index is 453. The molecule has 5 nitrogen and oxygen atoms in total. The zero-order valence-corrected chi connectivity index (χ0v) is 11.5. The number of hydrogen-bond donors (Lipinski definition) is 1. The molecule has 0 saturated carbocycles. The average molecular weight is 302 g/mol. The summed E-state index contributed by atoms with van der Waals surface area (Å²) in [6, 6.07) is 0.324. The highest BCUT2D eigenvalue weighted by atomic mass is 79.9. The van der Waals surface area contributed by atoms with Crippen LogP contribution in [-0.2, 0) is 4.74 Å². The molecule has 0 amide bonds. The third-order valence-electron chi connectivity index (χ3n) is 2.72. The first kappa shape index (κ1) is 12.6. The van der Waals surface area contributed by atoms with E-state index in [1.54, 1.807) is 6.20 Å². The van der Waals surface area contributed by atoms with Crippen LogP contribution in [0.2, 0.25) is 0 Å². The standard InChI is InChI=1S/C11H16BrN3O2/c1-7(2)15-11(16)10(12)9(5-13-15)14-8-3-4-17-6-8/h5,7-8,14H,3-4,6H2,1-2H3. The van der Waals surface area contributed by atoms with Crippen molar-refractivity contribution in [1.29, 1.82) is 0 Å². The molecule has 1 aromatic rings. The second kappa shape index (κ2) is 5.18. The highest BCUT2D eigenvalue weighted by molar-refractivity contribution is 9.10. The summed E-state index contributed by atoms with van der Waals surface area (Å²) < 4.78 is 7.27. The van der Waals surface area contributed by atoms with Crippen LogP contribution in [0.3, 0.4) is 0 Å². The number of ether oxygens (including phenoxy) is 1. The lowest BCUT2D eigenvalue weighted by Crippen LogP contribution is -2.28. The highest BCUT2D eigenvalue weighted by Gasteiger charge is 2.18. The fourth-order valence-electron chi connectivity index (χ4n) is 1.78. The van der Waals surface area contributed by atoms with Gasteiger partial charge in [0.05, 0.1) is 30.6 Å². The van der Waals surface area contributed by atoms with Crippen LogP contribution in [0.4, 0.5) is 5.69 Å². The van der Waals surface area contributed by atoms with Crippen molar-refractivity contribution in [2.24, 2.45) is 0 Å². The van der Waals surface area contributed by atoms with Gasteiger partial charge in [-0.05, 0) is 36.2 Å². The van der Waals surface area contributed by atoms with Gasteiger partial charge in [-0.15, -0.1) is 0 Å². The Morgan fingerprint density at radius 3 is 3.00 bits per heavy atom. The van der Waals surface area contributed by atoms with Crippen LogP contribution >= 0.6 is 15.9 Å². The molecular weight excluding hydrogens is 286 g/mol. The maximum atomic E-state index is 12.0. The first-order chi connectivity index (χ1) is 8.09. The second-order valence-corrected chi connectivity index (χ2v) is 5.21. The third-order valence-corrected chi connectivity index (χ3v) is 3.49. The average Bonchev–Trinajstić information content (AvgIpc) is 2.77. The predicted octanol–water partition coefficient (Wildman–Crippen LogP) is 1.79. The molecule has 1 fully saturated rings. The first-order valence-corrected chi connectivity index (χ1v) is 6.50. The van der Waals surface area contributed by atoms with Gasteiger partial charge >= 0.3 is 0 Å². The molecule has 0 spiro atoms. The van der Waals surface area contributed by atoms with Crippen LogP contribution in [0.1, 0.15) is 26.3 Å². The van der Waals surface area contributed by atoms with Gasteiger partial charge in [-0.3, -0.25) is 4.79 Å². The molecule has 1 atom stereocenters. The highest BCUT2D eigenvalue weighted by Crippen LogP contribution is 2.20. The summed E-state index contributed by atoms with van der Waals surface area (Å²) in [5.41, 5.74) is 0.631. The van der Waals surface area contributed by atoms with Crippen molar-refractivity contribution in [3.8, 4) is 0 Å². The van der Waals surface area contributed by atoms with Gasteiger partial charge < -0.3 is 10.1 Å². The SMILES string of the molecule is CC(C)n1ncc(NC2CCOC2)c(Br)c1=O. The number of halogens is 1. The van der Waals surface area contributed by atoms with Crippen molar-refractivity contribution in [3.63, 3.8) is 0 Å². The van der Waals surface area contributed by atoms with Crippen LogP contribution in [0, 0.1) is 0 Å². The fourth-order valence-corrected chi connectivity index (χ4v) is 2.18. The van der Waals surface area contributed by atoms with E-state index in [9.17, 15) is 4.79 Å². The van der Waals surface area contributed by atoms with Crippen molar-refractivity contribution in [1.82, 2.24) is 9.78 Å². The topological polar surface area (TPSA) is 56.1 Å². The smallest absolute Gasteiger partial charge is 0.283 e. The van der Waals surface area contributed by atoms with E-state index in [0.717, 1.165) is 18.7 Å². The van der Waals surface area contributed by atoms with Crippen molar-refractivity contribution in [3.05, 3.63) is 21.0 Å². The lowest BCUT2D eigenvalue weighted by molar-refractivity contribution is 0.195. The van der Waals surface area contributed by atoms with Crippen LogP contribution in [0.15, 0.2) is 15.5 Å². The third kappa shape index (κ3) is 2.69. The van der Waals surface area contributed by atoms with Gasteiger partial charge in [-0.1, -0.05) is 0 Å². The van der Waals surface area contributed by atoms with E-state index in [2.05, 4.69) is 26.3 Å². The first-order valence-electron chi connectivity index (χ1n) is 5.71. The van der Waals surface area contributed by atoms with Gasteiger partial charge in [-0.25, -0.2) is 4.68 Å². The summed E-state index contributed by atoms with van der Waals surface area (Å²) in [5.74, 6) is 0. The van der Waals surface area contributed by atoms with E-state index < -0.39 is 0 Å². The Hall–Kier alpha value is -0.880. The molecule has 94 valence electrons. The van der Waals surface area contributed by atoms with Crippen LogP contribution in [0.25, 0.3) is 0 Å². The van der Waals surface area contributed by atoms with E-state index in [1.807, 2.05) is 13.8 Å². The lowest BCUT2D eigenvalue weighted by atomic mass is 10.2. The lowest BCUT2D eigenvalue weighted by Gasteiger charge is -2.15. The van der Waals surface area contributed by atoms with E-state index in [4.69, 9.17) is 4.74 Å². The van der Waals surface area contributed by atoms with Gasteiger partial charge in [0.15, 0.2) is 0 Å². The maximum absolute atomic E-state index is 12.0. The summed E-state index contributed by atoms with van der Waals surface area (Å²) in [6.45, 7) is 5.31. The van der Waals surface area contributed by atoms with Gasteiger partial charge in [0, 0.05) is 6.61 Å². The number of rotatable bonds is 3. The van der Waals surface area contributed by atoms with Crippen molar-refractivity contribution in [2.75, 3.05) is 18.5 Å². The summed E-state index contributed by atoms with van der Waals surface area (Å²) >= 11 is 3.33. The Labute approximate surface area is 108 Å². The molecule has 0 bridgehead atoms. The Balaban J connectivity index is 2.24. The molecule has 1 aromatic heterocycles. The van der Waals surface area contributed by atoms with Crippen molar-refractivity contribution < 1.29 is 4.74 Å². The minimum Gasteiger partial charge on any atom is -0.379 e. The molecule has 17 heavy (non-hydrogen) atoms. The second-order valence-electron chi connectivity index (χ2n) is 4.42. The molecule has 6 heteroatoms. The monoisotopic (exact) mass is 301 g/mol. The largest absolute Gasteiger partial charge is 0.379 e. The van der Waals surface area contributed by atoms with Gasteiger partial charge in [0.1, 0.15) is 4.47 Å². The summed E-state index contributed by atoms with van der Waals surface area (Å²) in [7, 11) is 0. The Kier molecular flexibility index (Phi) is 3.83. The fraction of sp³-hybridized carbons (Fsp3) is 0.636. The van der Waals surface area contributed by atoms with E-state index >= 15 is 0 Å². The summed E-state index contributed by atoms with van der Waals surface area (Å²) in [6.07, 6.45) is 2.64. The van der Waals surface area contributed by atoms with Crippen LogP contribution < -0.4 is 10.9 Å². The number of nitrogens with one attached hydrogen (secondary N) is 1. The molecule has 0 aliphatic carbocycles. The van der Waals surface area contributed by atoms with Crippen LogP contribution in [0.5, 0.6) is 0 Å².